The summed E-state index contributed by atoms with van der Waals surface area (Å²) in [6, 6.07) is 7.36. The minimum Gasteiger partial charge on any atom is -0.358 e. The molecule has 0 saturated carbocycles. The number of hydrogen-bond acceptors (Lipinski definition) is 5. The molecule has 10 heteroatoms. The number of H-pyrrole nitrogens is 1. The molecule has 3 rings (SSSR count). The van der Waals surface area contributed by atoms with Crippen molar-refractivity contribution in [2.75, 3.05) is 25.9 Å². The molecule has 1 saturated heterocycles. The molecule has 0 radical (unpaired) electrons. The number of piperidine rings is 1. The molecule has 2 amide bonds. The third-order valence-electron chi connectivity index (χ3n) is 4.80. The van der Waals surface area contributed by atoms with Gasteiger partial charge in [-0.2, -0.15) is 5.10 Å². The normalized spacial score (nSPS) is 15.4. The van der Waals surface area contributed by atoms with Crippen LogP contribution in [0.25, 0.3) is 11.3 Å². The van der Waals surface area contributed by atoms with Crippen molar-refractivity contribution in [3.05, 3.63) is 41.8 Å². The number of aromatic amines is 1. The second-order valence-corrected chi connectivity index (χ2v) is 8.93. The van der Waals surface area contributed by atoms with Crippen molar-refractivity contribution in [1.29, 1.82) is 0 Å². The maximum atomic E-state index is 13.0. The Morgan fingerprint density at radius 3 is 2.50 bits per heavy atom. The number of carbonyl (C=O) groups excluding carboxylic acids is 2. The quantitative estimate of drug-likeness (QED) is 0.766. The topological polar surface area (TPSA) is 112 Å². The summed E-state index contributed by atoms with van der Waals surface area (Å²) in [5.74, 6) is -1.71. The van der Waals surface area contributed by atoms with E-state index < -0.39 is 26.7 Å². The molecule has 0 spiro atoms. The maximum absolute atomic E-state index is 13.0. The highest BCUT2D eigenvalue weighted by Crippen LogP contribution is 2.22. The standard InChI is InChI=1S/C18H21FN4O4S/c1-20-17(24)11-28(26,27)14-6-8-23(9-7-14)18(25)16-10-15(21-22-16)12-2-4-13(19)5-3-12/h2-5,10,14H,6-9,11H2,1H3,(H,20,24)(H,21,22). The van der Waals surface area contributed by atoms with Crippen LogP contribution in [0.2, 0.25) is 0 Å². The average Bonchev–Trinajstić information content (AvgIpc) is 3.18. The Morgan fingerprint density at radius 1 is 1.25 bits per heavy atom. The van der Waals surface area contributed by atoms with Crippen molar-refractivity contribution >= 4 is 21.7 Å². The Morgan fingerprint density at radius 2 is 1.89 bits per heavy atom. The Bertz CT molecular complexity index is 964. The molecule has 2 heterocycles. The van der Waals surface area contributed by atoms with Gasteiger partial charge in [0.15, 0.2) is 9.84 Å². The van der Waals surface area contributed by atoms with E-state index in [2.05, 4.69) is 15.5 Å². The van der Waals surface area contributed by atoms with Gasteiger partial charge in [-0.3, -0.25) is 14.7 Å². The summed E-state index contributed by atoms with van der Waals surface area (Å²) in [6.07, 6.45) is 0.564. The van der Waals surface area contributed by atoms with Crippen LogP contribution in [-0.4, -0.2) is 66.5 Å². The third-order valence-corrected chi connectivity index (χ3v) is 6.95. The number of rotatable bonds is 5. The van der Waals surface area contributed by atoms with Crippen LogP contribution < -0.4 is 5.32 Å². The number of hydrogen-bond donors (Lipinski definition) is 2. The monoisotopic (exact) mass is 408 g/mol. The zero-order valence-corrected chi connectivity index (χ0v) is 16.1. The molecule has 0 atom stereocenters. The second-order valence-electron chi connectivity index (χ2n) is 6.65. The Balaban J connectivity index is 1.63. The number of halogens is 1. The first-order valence-electron chi connectivity index (χ1n) is 8.83. The van der Waals surface area contributed by atoms with Gasteiger partial charge in [0.25, 0.3) is 5.91 Å². The maximum Gasteiger partial charge on any atom is 0.271 e. The van der Waals surface area contributed by atoms with Crippen LogP contribution >= 0.6 is 0 Å². The highest BCUT2D eigenvalue weighted by Gasteiger charge is 2.33. The molecule has 1 aliphatic heterocycles. The Kier molecular flexibility index (Phi) is 5.78. The van der Waals surface area contributed by atoms with Crippen LogP contribution in [0.1, 0.15) is 23.3 Å². The summed E-state index contributed by atoms with van der Waals surface area (Å²) in [5.41, 5.74) is 1.48. The van der Waals surface area contributed by atoms with Crippen molar-refractivity contribution in [2.45, 2.75) is 18.1 Å². The fraction of sp³-hybridized carbons (Fsp3) is 0.389. The first-order chi connectivity index (χ1) is 13.3. The van der Waals surface area contributed by atoms with E-state index in [0.717, 1.165) is 0 Å². The number of sulfone groups is 1. The van der Waals surface area contributed by atoms with E-state index in [0.29, 0.717) is 11.3 Å². The van der Waals surface area contributed by atoms with Crippen molar-refractivity contribution in [3.63, 3.8) is 0 Å². The van der Waals surface area contributed by atoms with E-state index in [-0.39, 0.29) is 43.3 Å². The first-order valence-corrected chi connectivity index (χ1v) is 10.5. The van der Waals surface area contributed by atoms with Gasteiger partial charge in [0.05, 0.1) is 10.9 Å². The van der Waals surface area contributed by atoms with Gasteiger partial charge in [-0.05, 0) is 43.2 Å². The Hall–Kier alpha value is -2.75. The molecule has 2 N–H and O–H groups in total. The summed E-state index contributed by atoms with van der Waals surface area (Å²) in [4.78, 5) is 25.6. The molecule has 28 heavy (non-hydrogen) atoms. The van der Waals surface area contributed by atoms with Crippen LogP contribution in [0.4, 0.5) is 4.39 Å². The van der Waals surface area contributed by atoms with Crippen LogP contribution in [0.15, 0.2) is 30.3 Å². The highest BCUT2D eigenvalue weighted by atomic mass is 32.2. The lowest BCUT2D eigenvalue weighted by molar-refractivity contribution is -0.118. The van der Waals surface area contributed by atoms with Gasteiger partial charge in [-0.15, -0.1) is 0 Å². The van der Waals surface area contributed by atoms with E-state index >= 15 is 0 Å². The summed E-state index contributed by atoms with van der Waals surface area (Å²) in [5, 5.41) is 8.46. The first kappa shape index (κ1) is 20.0. The zero-order chi connectivity index (χ0) is 20.3. The molecule has 0 unspecified atom stereocenters. The van der Waals surface area contributed by atoms with Gasteiger partial charge in [0.1, 0.15) is 17.3 Å². The van der Waals surface area contributed by atoms with E-state index in [9.17, 15) is 22.4 Å². The van der Waals surface area contributed by atoms with Gasteiger partial charge in [-0.1, -0.05) is 0 Å². The average molecular weight is 408 g/mol. The number of likely N-dealkylation sites (tertiary alicyclic amines) is 1. The van der Waals surface area contributed by atoms with Crippen molar-refractivity contribution in [1.82, 2.24) is 20.4 Å². The predicted molar refractivity (Wildman–Crippen MR) is 101 cm³/mol. The lowest BCUT2D eigenvalue weighted by atomic mass is 10.1. The van der Waals surface area contributed by atoms with Crippen LogP contribution in [0.5, 0.6) is 0 Å². The lowest BCUT2D eigenvalue weighted by Gasteiger charge is -2.31. The summed E-state index contributed by atoms with van der Waals surface area (Å²) in [6.45, 7) is 0.558. The SMILES string of the molecule is CNC(=O)CS(=O)(=O)C1CCN(C(=O)c2cc(-c3ccc(F)cc3)n[nH]2)CC1. The minimum absolute atomic E-state index is 0.275. The van der Waals surface area contributed by atoms with Gasteiger partial charge < -0.3 is 10.2 Å². The molecule has 1 fully saturated rings. The van der Waals surface area contributed by atoms with Gasteiger partial charge >= 0.3 is 0 Å². The van der Waals surface area contributed by atoms with Crippen molar-refractivity contribution in [2.24, 2.45) is 0 Å². The molecule has 0 aliphatic carbocycles. The van der Waals surface area contributed by atoms with E-state index in [1.54, 1.807) is 23.1 Å². The van der Waals surface area contributed by atoms with E-state index in [1.165, 1.54) is 19.2 Å². The largest absolute Gasteiger partial charge is 0.358 e. The molecule has 1 aromatic heterocycles. The van der Waals surface area contributed by atoms with Crippen molar-refractivity contribution < 1.29 is 22.4 Å². The van der Waals surface area contributed by atoms with Crippen LogP contribution in [0, 0.1) is 5.82 Å². The number of amides is 2. The minimum atomic E-state index is -3.54. The smallest absolute Gasteiger partial charge is 0.271 e. The predicted octanol–water partition coefficient (Wildman–Crippen LogP) is 0.981. The van der Waals surface area contributed by atoms with Crippen LogP contribution in [-0.2, 0) is 14.6 Å². The lowest BCUT2D eigenvalue weighted by Crippen LogP contribution is -2.44. The van der Waals surface area contributed by atoms with E-state index in [4.69, 9.17) is 0 Å². The third kappa shape index (κ3) is 4.38. The molecule has 8 nitrogen and oxygen atoms in total. The molecule has 0 bridgehead atoms. The molecular formula is C18H21FN4O4S. The molecule has 1 aliphatic rings. The number of nitrogens with zero attached hydrogens (tertiary/aromatic N) is 2. The van der Waals surface area contributed by atoms with Crippen molar-refractivity contribution in [3.8, 4) is 11.3 Å². The highest BCUT2D eigenvalue weighted by molar-refractivity contribution is 7.92. The molecular weight excluding hydrogens is 387 g/mol. The fourth-order valence-electron chi connectivity index (χ4n) is 3.16. The number of nitrogens with one attached hydrogen (secondary N) is 2. The fourth-order valence-corrected chi connectivity index (χ4v) is 4.84. The van der Waals surface area contributed by atoms with Crippen LogP contribution in [0.3, 0.4) is 0 Å². The summed E-state index contributed by atoms with van der Waals surface area (Å²) >= 11 is 0. The molecule has 2 aromatic rings. The number of benzene rings is 1. The molecule has 150 valence electrons. The second kappa shape index (κ2) is 8.09. The van der Waals surface area contributed by atoms with Gasteiger partial charge in [-0.25, -0.2) is 12.8 Å². The number of aromatic nitrogens is 2. The Labute approximate surface area is 162 Å². The summed E-state index contributed by atoms with van der Waals surface area (Å²) < 4.78 is 37.6. The van der Waals surface area contributed by atoms with Gasteiger partial charge in [0.2, 0.25) is 5.91 Å². The summed E-state index contributed by atoms with van der Waals surface area (Å²) in [7, 11) is -2.15. The zero-order valence-electron chi connectivity index (χ0n) is 15.3. The molecule has 1 aromatic carbocycles. The van der Waals surface area contributed by atoms with E-state index in [1.807, 2.05) is 0 Å². The number of carbonyl (C=O) groups is 2. The van der Waals surface area contributed by atoms with Gasteiger partial charge in [0, 0.05) is 25.7 Å².